The van der Waals surface area contributed by atoms with Crippen LogP contribution in [0.1, 0.15) is 0 Å². The minimum atomic E-state index is 0.866. The second kappa shape index (κ2) is 3.20. The Balaban J connectivity index is 2.67. The van der Waals surface area contributed by atoms with Crippen LogP contribution in [0.15, 0.2) is 36.5 Å². The van der Waals surface area contributed by atoms with E-state index in [4.69, 9.17) is 0 Å². The lowest BCUT2D eigenvalue weighted by Gasteiger charge is -1.98. The van der Waals surface area contributed by atoms with Gasteiger partial charge in [-0.25, -0.2) is 0 Å². The number of rotatable bonds is 1. The van der Waals surface area contributed by atoms with Crippen LogP contribution in [0.5, 0.6) is 0 Å². The quantitative estimate of drug-likeness (QED) is 0.605. The normalized spacial score (nSPS) is 11.4. The number of benzene rings is 1. The van der Waals surface area contributed by atoms with Gasteiger partial charge in [0.05, 0.1) is 5.52 Å². The molecule has 0 aliphatic rings. The molecule has 1 atom stereocenters. The van der Waals surface area contributed by atoms with Gasteiger partial charge in [-0.05, 0) is 30.2 Å². The van der Waals surface area contributed by atoms with Crippen molar-refractivity contribution in [3.05, 3.63) is 36.5 Å². The maximum Gasteiger partial charge on any atom is 0.0702 e. The van der Waals surface area contributed by atoms with Gasteiger partial charge in [-0.15, -0.1) is 0 Å². The van der Waals surface area contributed by atoms with Crippen LogP contribution in [0.3, 0.4) is 0 Å². The Morgan fingerprint density at radius 3 is 3.00 bits per heavy atom. The number of fused-ring (bicyclic) bond motifs is 1. The van der Waals surface area contributed by atoms with Crippen LogP contribution in [0.2, 0.25) is 0 Å². The molecule has 0 saturated carbocycles. The van der Waals surface area contributed by atoms with E-state index >= 15 is 0 Å². The molecule has 0 fully saturated rings. The number of hydrogen-bond donors (Lipinski definition) is 0. The summed E-state index contributed by atoms with van der Waals surface area (Å²) in [5.41, 5.74) is 1.08. The number of hydrogen-bond acceptors (Lipinski definition) is 1. The third kappa shape index (κ3) is 1.33. The number of pyridine rings is 1. The predicted molar refractivity (Wildman–Crippen MR) is 55.6 cm³/mol. The van der Waals surface area contributed by atoms with Crippen molar-refractivity contribution in [2.45, 2.75) is 0 Å². The Morgan fingerprint density at radius 1 is 1.25 bits per heavy atom. The molecule has 0 aliphatic carbocycles. The van der Waals surface area contributed by atoms with E-state index in [0.717, 1.165) is 14.1 Å². The number of nitrogens with zero attached hydrogens (tertiary/aromatic N) is 1. The highest BCUT2D eigenvalue weighted by Crippen LogP contribution is 2.12. The van der Waals surface area contributed by atoms with E-state index < -0.39 is 0 Å². The molecule has 0 radical (unpaired) electrons. The molecule has 0 amide bonds. The van der Waals surface area contributed by atoms with Crippen LogP contribution >= 0.6 is 8.58 Å². The van der Waals surface area contributed by atoms with Crippen molar-refractivity contribution in [1.29, 1.82) is 0 Å². The van der Waals surface area contributed by atoms with Gasteiger partial charge in [0.15, 0.2) is 0 Å². The fourth-order valence-corrected chi connectivity index (χ4v) is 1.78. The van der Waals surface area contributed by atoms with Crippen LogP contribution in [-0.2, 0) is 0 Å². The van der Waals surface area contributed by atoms with Crippen LogP contribution < -0.4 is 5.30 Å². The maximum atomic E-state index is 4.26. The summed E-state index contributed by atoms with van der Waals surface area (Å²) in [6.07, 6.45) is 1.83. The Kier molecular flexibility index (Phi) is 2.05. The van der Waals surface area contributed by atoms with Crippen LogP contribution in [0.4, 0.5) is 0 Å². The minimum absolute atomic E-state index is 0.866. The Labute approximate surface area is 73.6 Å². The average molecular weight is 175 g/mol. The van der Waals surface area contributed by atoms with E-state index in [2.05, 4.69) is 35.9 Å². The summed E-state index contributed by atoms with van der Waals surface area (Å²) in [6.45, 7) is 2.19. The molecule has 1 unspecified atom stereocenters. The summed E-state index contributed by atoms with van der Waals surface area (Å²) in [7, 11) is 0.866. The van der Waals surface area contributed by atoms with Gasteiger partial charge in [0.2, 0.25) is 0 Å². The van der Waals surface area contributed by atoms with Crippen molar-refractivity contribution in [2.75, 3.05) is 6.66 Å². The van der Waals surface area contributed by atoms with Crippen molar-refractivity contribution in [3.63, 3.8) is 0 Å². The Bertz CT molecular complexity index is 398. The van der Waals surface area contributed by atoms with Gasteiger partial charge in [0.1, 0.15) is 0 Å². The van der Waals surface area contributed by atoms with Crippen LogP contribution in [-0.4, -0.2) is 11.6 Å². The van der Waals surface area contributed by atoms with E-state index in [-0.39, 0.29) is 0 Å². The predicted octanol–water partition coefficient (Wildman–Crippen LogP) is 2.17. The van der Waals surface area contributed by atoms with Crippen molar-refractivity contribution in [2.24, 2.45) is 0 Å². The molecule has 0 aliphatic heterocycles. The summed E-state index contributed by atoms with van der Waals surface area (Å²) in [5, 5.41) is 2.64. The number of aromatic nitrogens is 1. The van der Waals surface area contributed by atoms with Gasteiger partial charge in [-0.3, -0.25) is 4.98 Å². The molecule has 1 aromatic heterocycles. The highest BCUT2D eigenvalue weighted by atomic mass is 31.1. The van der Waals surface area contributed by atoms with Gasteiger partial charge in [0.25, 0.3) is 0 Å². The van der Waals surface area contributed by atoms with Gasteiger partial charge in [0, 0.05) is 11.6 Å². The van der Waals surface area contributed by atoms with E-state index in [1.807, 2.05) is 12.3 Å². The molecule has 2 heteroatoms. The zero-order valence-corrected chi connectivity index (χ0v) is 7.91. The first-order valence-corrected chi connectivity index (χ1v) is 5.43. The summed E-state index contributed by atoms with van der Waals surface area (Å²) in [6, 6.07) is 10.5. The van der Waals surface area contributed by atoms with Gasteiger partial charge in [-0.1, -0.05) is 20.7 Å². The van der Waals surface area contributed by atoms with Gasteiger partial charge in [-0.2, -0.15) is 0 Å². The van der Waals surface area contributed by atoms with Gasteiger partial charge < -0.3 is 0 Å². The SMILES string of the molecule is CPc1ccc2ncccc2c1. The van der Waals surface area contributed by atoms with E-state index in [9.17, 15) is 0 Å². The zero-order valence-electron chi connectivity index (χ0n) is 6.91. The maximum absolute atomic E-state index is 4.26. The first-order chi connectivity index (χ1) is 5.90. The molecule has 0 spiro atoms. The molecule has 1 aromatic carbocycles. The molecule has 2 aromatic rings. The largest absolute Gasteiger partial charge is 0.256 e. The Morgan fingerprint density at radius 2 is 2.17 bits per heavy atom. The molecule has 60 valence electrons. The monoisotopic (exact) mass is 175 g/mol. The van der Waals surface area contributed by atoms with Crippen LogP contribution in [0.25, 0.3) is 10.9 Å². The molecular formula is C10H10NP. The molecule has 1 heterocycles. The summed E-state index contributed by atoms with van der Waals surface area (Å²) in [5.74, 6) is 0. The smallest absolute Gasteiger partial charge is 0.0702 e. The van der Waals surface area contributed by atoms with Crippen molar-refractivity contribution >= 4 is 24.8 Å². The van der Waals surface area contributed by atoms with Crippen molar-refractivity contribution < 1.29 is 0 Å². The first-order valence-electron chi connectivity index (χ1n) is 3.93. The molecule has 2 rings (SSSR count). The average Bonchev–Trinajstić information content (AvgIpc) is 2.17. The lowest BCUT2D eigenvalue weighted by Crippen LogP contribution is -1.92. The topological polar surface area (TPSA) is 12.9 Å². The van der Waals surface area contributed by atoms with E-state index in [0.29, 0.717) is 0 Å². The molecular weight excluding hydrogens is 165 g/mol. The highest BCUT2D eigenvalue weighted by molar-refractivity contribution is 7.46. The van der Waals surface area contributed by atoms with E-state index in [1.54, 1.807) is 0 Å². The lowest BCUT2D eigenvalue weighted by molar-refractivity contribution is 1.42. The first kappa shape index (κ1) is 7.70. The van der Waals surface area contributed by atoms with Gasteiger partial charge >= 0.3 is 0 Å². The fraction of sp³-hybridized carbons (Fsp3) is 0.100. The molecule has 0 bridgehead atoms. The second-order valence-corrected chi connectivity index (χ2v) is 3.74. The second-order valence-electron chi connectivity index (χ2n) is 2.66. The van der Waals surface area contributed by atoms with Crippen LogP contribution in [0, 0.1) is 0 Å². The Hall–Kier alpha value is -0.940. The van der Waals surface area contributed by atoms with Crippen molar-refractivity contribution in [1.82, 2.24) is 4.98 Å². The summed E-state index contributed by atoms with van der Waals surface area (Å²) in [4.78, 5) is 4.26. The molecule has 12 heavy (non-hydrogen) atoms. The summed E-state index contributed by atoms with van der Waals surface area (Å²) < 4.78 is 0. The van der Waals surface area contributed by atoms with E-state index in [1.165, 1.54) is 10.7 Å². The molecule has 0 N–H and O–H groups in total. The third-order valence-corrected chi connectivity index (χ3v) is 2.78. The molecule has 1 nitrogen and oxygen atoms in total. The molecule has 0 saturated heterocycles. The standard InChI is InChI=1S/C10H10NP/c1-12-9-4-5-10-8(7-9)3-2-6-11-10/h2-7,12H,1H3. The third-order valence-electron chi connectivity index (χ3n) is 1.89. The minimum Gasteiger partial charge on any atom is -0.256 e. The highest BCUT2D eigenvalue weighted by Gasteiger charge is 1.93. The summed E-state index contributed by atoms with van der Waals surface area (Å²) >= 11 is 0. The fourth-order valence-electron chi connectivity index (χ4n) is 1.23. The zero-order chi connectivity index (χ0) is 8.39. The lowest BCUT2D eigenvalue weighted by atomic mass is 10.2. The van der Waals surface area contributed by atoms with Crippen molar-refractivity contribution in [3.8, 4) is 0 Å².